The van der Waals surface area contributed by atoms with Gasteiger partial charge in [0, 0.05) is 6.42 Å². The number of hydrogen-bond acceptors (Lipinski definition) is 4. The van der Waals surface area contributed by atoms with Gasteiger partial charge in [0.2, 0.25) is 5.91 Å². The van der Waals surface area contributed by atoms with E-state index < -0.39 is 29.5 Å². The summed E-state index contributed by atoms with van der Waals surface area (Å²) in [5, 5.41) is 28.7. The van der Waals surface area contributed by atoms with Gasteiger partial charge in [0.25, 0.3) is 0 Å². The van der Waals surface area contributed by atoms with Crippen molar-refractivity contribution in [3.05, 3.63) is 0 Å². The minimum absolute atomic E-state index is 0.192. The van der Waals surface area contributed by atoms with Crippen LogP contribution in [-0.4, -0.2) is 44.8 Å². The van der Waals surface area contributed by atoms with Gasteiger partial charge in [-0.25, -0.2) is 4.79 Å². The second-order valence-electron chi connectivity index (χ2n) is 4.38. The molecule has 0 saturated carbocycles. The zero-order valence-corrected chi connectivity index (χ0v) is 9.77. The molecule has 0 radical (unpaired) electrons. The lowest BCUT2D eigenvalue weighted by Crippen LogP contribution is -2.43. The van der Waals surface area contributed by atoms with Crippen LogP contribution in [0.4, 0.5) is 0 Å². The molecule has 7 nitrogen and oxygen atoms in total. The summed E-state index contributed by atoms with van der Waals surface area (Å²) in [5.41, 5.74) is -1.24. The lowest BCUT2D eigenvalue weighted by molar-refractivity contribution is -0.143. The van der Waals surface area contributed by atoms with Gasteiger partial charge in [0.1, 0.15) is 6.04 Å². The van der Waals surface area contributed by atoms with Crippen molar-refractivity contribution in [3.63, 3.8) is 0 Å². The first-order valence-corrected chi connectivity index (χ1v) is 5.08. The highest BCUT2D eigenvalue weighted by molar-refractivity contribution is 5.84. The van der Waals surface area contributed by atoms with Crippen molar-refractivity contribution in [1.82, 2.24) is 5.32 Å². The fraction of sp³-hybridized carbons (Fsp3) is 0.700. The Bertz CT molecular complexity index is 306. The van der Waals surface area contributed by atoms with Crippen molar-refractivity contribution >= 4 is 17.8 Å². The van der Waals surface area contributed by atoms with E-state index in [1.165, 1.54) is 13.8 Å². The second-order valence-corrected chi connectivity index (χ2v) is 4.38. The van der Waals surface area contributed by atoms with Crippen molar-refractivity contribution in [2.75, 3.05) is 0 Å². The molecule has 0 bridgehead atoms. The molecule has 0 fully saturated rings. The van der Waals surface area contributed by atoms with E-state index in [1.807, 2.05) is 0 Å². The second kappa shape index (κ2) is 6.19. The molecule has 4 N–H and O–H groups in total. The highest BCUT2D eigenvalue weighted by Gasteiger charge is 2.24. The predicted molar refractivity (Wildman–Crippen MR) is 57.4 cm³/mol. The van der Waals surface area contributed by atoms with Gasteiger partial charge in [-0.1, -0.05) is 0 Å². The Morgan fingerprint density at radius 2 is 1.76 bits per heavy atom. The van der Waals surface area contributed by atoms with Gasteiger partial charge in [-0.2, -0.15) is 0 Å². The van der Waals surface area contributed by atoms with E-state index in [0.29, 0.717) is 0 Å². The van der Waals surface area contributed by atoms with E-state index in [2.05, 4.69) is 5.32 Å². The normalized spacial score (nSPS) is 12.9. The molecule has 0 aliphatic rings. The van der Waals surface area contributed by atoms with Gasteiger partial charge in [-0.3, -0.25) is 9.59 Å². The average molecular weight is 247 g/mol. The maximum Gasteiger partial charge on any atom is 0.326 e. The Morgan fingerprint density at radius 1 is 1.24 bits per heavy atom. The fourth-order valence-corrected chi connectivity index (χ4v) is 1.16. The minimum atomic E-state index is -1.30. The highest BCUT2D eigenvalue weighted by atomic mass is 16.4. The van der Waals surface area contributed by atoms with E-state index in [0.717, 1.165) is 0 Å². The summed E-state index contributed by atoms with van der Waals surface area (Å²) < 4.78 is 0. The molecular weight excluding hydrogens is 230 g/mol. The molecule has 0 aromatic rings. The van der Waals surface area contributed by atoms with Crippen LogP contribution in [0.1, 0.15) is 33.1 Å². The molecule has 0 spiro atoms. The molecule has 7 heteroatoms. The van der Waals surface area contributed by atoms with Gasteiger partial charge < -0.3 is 20.6 Å². The number of aliphatic hydroxyl groups is 1. The molecule has 98 valence electrons. The van der Waals surface area contributed by atoms with Crippen LogP contribution in [0.2, 0.25) is 0 Å². The molecule has 0 saturated heterocycles. The van der Waals surface area contributed by atoms with Gasteiger partial charge >= 0.3 is 11.9 Å². The zero-order chi connectivity index (χ0) is 13.6. The number of amides is 1. The number of aliphatic carboxylic acids is 2. The van der Waals surface area contributed by atoms with Crippen LogP contribution in [0.25, 0.3) is 0 Å². The first kappa shape index (κ1) is 15.4. The van der Waals surface area contributed by atoms with Crippen LogP contribution < -0.4 is 5.32 Å². The van der Waals surface area contributed by atoms with E-state index in [-0.39, 0.29) is 19.3 Å². The summed E-state index contributed by atoms with van der Waals surface area (Å²) in [6, 6.07) is -1.25. The van der Waals surface area contributed by atoms with Crippen LogP contribution in [0, 0.1) is 0 Å². The average Bonchev–Trinajstić information content (AvgIpc) is 2.08. The Balaban J connectivity index is 4.30. The third-order valence-corrected chi connectivity index (χ3v) is 1.87. The number of carbonyl (C=O) groups excluding carboxylic acids is 1. The zero-order valence-electron chi connectivity index (χ0n) is 9.77. The summed E-state index contributed by atoms with van der Waals surface area (Å²) in [5.74, 6) is -3.06. The van der Waals surface area contributed by atoms with Crippen LogP contribution in [0.3, 0.4) is 0 Å². The van der Waals surface area contributed by atoms with E-state index in [9.17, 15) is 19.5 Å². The Kier molecular flexibility index (Phi) is 5.60. The predicted octanol–water partition coefficient (Wildman–Crippen LogP) is -0.418. The third-order valence-electron chi connectivity index (χ3n) is 1.87. The summed E-state index contributed by atoms with van der Waals surface area (Å²) in [7, 11) is 0. The molecule has 0 aliphatic carbocycles. The van der Waals surface area contributed by atoms with Crippen molar-refractivity contribution in [3.8, 4) is 0 Å². The first-order valence-electron chi connectivity index (χ1n) is 5.08. The topological polar surface area (TPSA) is 124 Å². The number of carbonyl (C=O) groups is 3. The SMILES string of the molecule is CC(C)(O)CC(=O)NC(CCC(=O)O)C(=O)O. The molecule has 1 amide bonds. The Labute approximate surface area is 98.4 Å². The molecule has 0 aromatic heterocycles. The maximum atomic E-state index is 11.3. The lowest BCUT2D eigenvalue weighted by Gasteiger charge is -2.19. The number of nitrogens with one attached hydrogen (secondary N) is 1. The Morgan fingerprint density at radius 3 is 2.12 bits per heavy atom. The highest BCUT2D eigenvalue weighted by Crippen LogP contribution is 2.07. The summed E-state index contributed by atoms with van der Waals surface area (Å²) in [6.45, 7) is 2.83. The smallest absolute Gasteiger partial charge is 0.326 e. The van der Waals surface area contributed by atoms with E-state index in [1.54, 1.807) is 0 Å². The third kappa shape index (κ3) is 8.21. The number of hydrogen-bond donors (Lipinski definition) is 4. The lowest BCUT2D eigenvalue weighted by atomic mass is 10.0. The van der Waals surface area contributed by atoms with E-state index in [4.69, 9.17) is 10.2 Å². The minimum Gasteiger partial charge on any atom is -0.481 e. The van der Waals surface area contributed by atoms with Crippen molar-refractivity contribution in [2.45, 2.75) is 44.8 Å². The summed E-state index contributed by atoms with van der Waals surface area (Å²) in [4.78, 5) is 32.4. The Hall–Kier alpha value is -1.63. The van der Waals surface area contributed by atoms with Crippen LogP contribution in [0.15, 0.2) is 0 Å². The van der Waals surface area contributed by atoms with E-state index >= 15 is 0 Å². The van der Waals surface area contributed by atoms with Crippen molar-refractivity contribution in [2.24, 2.45) is 0 Å². The number of carboxylic acid groups (broad SMARTS) is 2. The molecular formula is C10H17NO6. The molecule has 1 unspecified atom stereocenters. The van der Waals surface area contributed by atoms with Crippen LogP contribution in [0.5, 0.6) is 0 Å². The molecule has 17 heavy (non-hydrogen) atoms. The molecule has 0 rings (SSSR count). The first-order chi connectivity index (χ1) is 7.61. The fourth-order valence-electron chi connectivity index (χ4n) is 1.16. The van der Waals surface area contributed by atoms with Gasteiger partial charge in [-0.05, 0) is 20.3 Å². The number of rotatable bonds is 7. The molecule has 0 heterocycles. The summed E-state index contributed by atoms with van der Waals surface area (Å²) in [6.07, 6.45) is -0.786. The van der Waals surface area contributed by atoms with Crippen molar-refractivity contribution in [1.29, 1.82) is 0 Å². The molecule has 1 atom stereocenters. The summed E-state index contributed by atoms with van der Waals surface area (Å²) >= 11 is 0. The number of carboxylic acids is 2. The van der Waals surface area contributed by atoms with Crippen LogP contribution >= 0.6 is 0 Å². The van der Waals surface area contributed by atoms with Gasteiger partial charge in [0.15, 0.2) is 0 Å². The van der Waals surface area contributed by atoms with Crippen LogP contribution in [-0.2, 0) is 14.4 Å². The molecule has 0 aromatic carbocycles. The quantitative estimate of drug-likeness (QED) is 0.484. The van der Waals surface area contributed by atoms with Gasteiger partial charge in [-0.15, -0.1) is 0 Å². The monoisotopic (exact) mass is 247 g/mol. The maximum absolute atomic E-state index is 11.3. The molecule has 0 aliphatic heterocycles. The largest absolute Gasteiger partial charge is 0.481 e. The standard InChI is InChI=1S/C10H17NO6/c1-10(2,17)5-7(12)11-6(9(15)16)3-4-8(13)14/h6,17H,3-5H2,1-2H3,(H,11,12)(H,13,14)(H,15,16). The van der Waals surface area contributed by atoms with Crippen molar-refractivity contribution < 1.29 is 29.7 Å². The van der Waals surface area contributed by atoms with Gasteiger partial charge in [0.05, 0.1) is 12.0 Å².